The molecule has 0 atom stereocenters. The molecule has 1 amide bonds. The van der Waals surface area contributed by atoms with Gasteiger partial charge in [0.25, 0.3) is 5.91 Å². The molecule has 0 radical (unpaired) electrons. The van der Waals surface area contributed by atoms with Crippen LogP contribution < -0.4 is 11.1 Å². The number of hydrogen-bond acceptors (Lipinski definition) is 2. The van der Waals surface area contributed by atoms with Gasteiger partial charge in [-0.05, 0) is 24.3 Å². The number of halogens is 2. The van der Waals surface area contributed by atoms with E-state index in [2.05, 4.69) is 5.32 Å². The van der Waals surface area contributed by atoms with Gasteiger partial charge in [0, 0.05) is 12.6 Å². The minimum atomic E-state index is -0.893. The van der Waals surface area contributed by atoms with E-state index < -0.39 is 17.5 Å². The Morgan fingerprint density at radius 1 is 1.41 bits per heavy atom. The van der Waals surface area contributed by atoms with E-state index >= 15 is 0 Å². The maximum Gasteiger partial charge on any atom is 0.254 e. The minimum Gasteiger partial charge on any atom is -0.396 e. The van der Waals surface area contributed by atoms with E-state index in [-0.39, 0.29) is 16.7 Å². The highest BCUT2D eigenvalue weighted by atomic mass is 19.1. The topological polar surface area (TPSA) is 55.1 Å². The van der Waals surface area contributed by atoms with Crippen LogP contribution in [0.15, 0.2) is 12.1 Å². The first-order valence-corrected chi connectivity index (χ1v) is 5.44. The summed E-state index contributed by atoms with van der Waals surface area (Å²) in [4.78, 5) is 11.7. The summed E-state index contributed by atoms with van der Waals surface area (Å²) in [6.45, 7) is 2.55. The molecule has 5 heteroatoms. The number of carbonyl (C=O) groups is 1. The molecule has 17 heavy (non-hydrogen) atoms. The number of anilines is 1. The van der Waals surface area contributed by atoms with Gasteiger partial charge in [-0.2, -0.15) is 0 Å². The van der Waals surface area contributed by atoms with Crippen molar-refractivity contribution in [3.8, 4) is 0 Å². The highest BCUT2D eigenvalue weighted by Crippen LogP contribution is 2.44. The number of nitrogens with two attached hydrogens (primary N) is 1. The molecule has 1 aromatic rings. The second kappa shape index (κ2) is 3.98. The number of rotatable bonds is 3. The van der Waals surface area contributed by atoms with Crippen LogP contribution in [0.5, 0.6) is 0 Å². The van der Waals surface area contributed by atoms with Crippen molar-refractivity contribution in [2.24, 2.45) is 5.41 Å². The van der Waals surface area contributed by atoms with Gasteiger partial charge in [-0.3, -0.25) is 4.79 Å². The van der Waals surface area contributed by atoms with Gasteiger partial charge in [0.2, 0.25) is 0 Å². The molecule has 2 rings (SSSR count). The molecule has 0 spiro atoms. The fourth-order valence-electron chi connectivity index (χ4n) is 1.52. The molecular formula is C12H14F2N2O. The Morgan fingerprint density at radius 3 is 2.65 bits per heavy atom. The van der Waals surface area contributed by atoms with Gasteiger partial charge in [-0.15, -0.1) is 0 Å². The first-order valence-electron chi connectivity index (χ1n) is 5.44. The zero-order valence-electron chi connectivity index (χ0n) is 9.52. The maximum absolute atomic E-state index is 13.4. The Kier molecular flexibility index (Phi) is 2.77. The summed E-state index contributed by atoms with van der Waals surface area (Å²) in [5, 5.41) is 2.63. The Labute approximate surface area is 98.0 Å². The largest absolute Gasteiger partial charge is 0.396 e. The lowest BCUT2D eigenvalue weighted by atomic mass is 10.1. The van der Waals surface area contributed by atoms with Gasteiger partial charge < -0.3 is 11.1 Å². The van der Waals surface area contributed by atoms with Crippen molar-refractivity contribution in [1.82, 2.24) is 5.32 Å². The molecule has 1 aliphatic rings. The fraction of sp³-hybridized carbons (Fsp3) is 0.417. The van der Waals surface area contributed by atoms with E-state index in [0.717, 1.165) is 18.9 Å². The van der Waals surface area contributed by atoms with Crippen LogP contribution in [0.2, 0.25) is 0 Å². The van der Waals surface area contributed by atoms with Gasteiger partial charge in [-0.25, -0.2) is 8.78 Å². The second-order valence-electron chi connectivity index (χ2n) is 4.85. The van der Waals surface area contributed by atoms with Crippen LogP contribution in [0, 0.1) is 17.0 Å². The highest BCUT2D eigenvalue weighted by Gasteiger charge is 2.37. The van der Waals surface area contributed by atoms with Crippen molar-refractivity contribution < 1.29 is 13.6 Å². The lowest BCUT2D eigenvalue weighted by Crippen LogP contribution is -2.29. The summed E-state index contributed by atoms with van der Waals surface area (Å²) < 4.78 is 26.3. The molecule has 0 aromatic heterocycles. The van der Waals surface area contributed by atoms with Crippen molar-refractivity contribution in [3.63, 3.8) is 0 Å². The molecule has 0 saturated heterocycles. The van der Waals surface area contributed by atoms with E-state index in [0.29, 0.717) is 12.6 Å². The number of carbonyl (C=O) groups excluding carboxylic acids is 1. The summed E-state index contributed by atoms with van der Waals surface area (Å²) >= 11 is 0. The third kappa shape index (κ3) is 2.54. The van der Waals surface area contributed by atoms with E-state index in [4.69, 9.17) is 5.73 Å². The third-order valence-corrected chi connectivity index (χ3v) is 3.11. The molecule has 1 fully saturated rings. The highest BCUT2D eigenvalue weighted by molar-refractivity contribution is 5.95. The van der Waals surface area contributed by atoms with Crippen LogP contribution in [0.3, 0.4) is 0 Å². The zero-order valence-corrected chi connectivity index (χ0v) is 9.52. The molecule has 92 valence electrons. The first kappa shape index (κ1) is 11.8. The molecule has 0 heterocycles. The van der Waals surface area contributed by atoms with Crippen molar-refractivity contribution >= 4 is 11.6 Å². The smallest absolute Gasteiger partial charge is 0.254 e. The summed E-state index contributed by atoms with van der Waals surface area (Å²) in [6, 6.07) is 1.65. The van der Waals surface area contributed by atoms with Crippen molar-refractivity contribution in [3.05, 3.63) is 29.3 Å². The van der Waals surface area contributed by atoms with Crippen LogP contribution in [-0.4, -0.2) is 12.5 Å². The van der Waals surface area contributed by atoms with Crippen molar-refractivity contribution in [2.45, 2.75) is 19.8 Å². The molecule has 3 nitrogen and oxygen atoms in total. The van der Waals surface area contributed by atoms with Crippen LogP contribution >= 0.6 is 0 Å². The van der Waals surface area contributed by atoms with E-state index in [1.807, 2.05) is 6.92 Å². The Balaban J connectivity index is 2.10. The average molecular weight is 240 g/mol. The molecule has 0 unspecified atom stereocenters. The van der Waals surface area contributed by atoms with Gasteiger partial charge in [0.15, 0.2) is 0 Å². The Morgan fingerprint density at radius 2 is 2.06 bits per heavy atom. The standard InChI is InChI=1S/C12H14F2N2O/c1-12(2-3-12)6-16-11(17)7-4-10(15)9(14)5-8(7)13/h4-5H,2-3,6,15H2,1H3,(H,16,17). The normalized spacial score (nSPS) is 16.6. The second-order valence-corrected chi connectivity index (χ2v) is 4.85. The lowest BCUT2D eigenvalue weighted by molar-refractivity contribution is 0.0942. The van der Waals surface area contributed by atoms with E-state index in [9.17, 15) is 13.6 Å². The summed E-state index contributed by atoms with van der Waals surface area (Å²) in [7, 11) is 0. The SMILES string of the molecule is CC1(CNC(=O)c2cc(N)c(F)cc2F)CC1. The van der Waals surface area contributed by atoms with Gasteiger partial charge in [0.05, 0.1) is 11.3 Å². The predicted octanol–water partition coefficient (Wildman–Crippen LogP) is 2.08. The third-order valence-electron chi connectivity index (χ3n) is 3.11. The molecule has 1 aromatic carbocycles. The number of benzene rings is 1. The van der Waals surface area contributed by atoms with Crippen LogP contribution in [-0.2, 0) is 0 Å². The van der Waals surface area contributed by atoms with Crippen molar-refractivity contribution in [2.75, 3.05) is 12.3 Å². The fourth-order valence-corrected chi connectivity index (χ4v) is 1.52. The first-order chi connectivity index (χ1) is 7.91. The van der Waals surface area contributed by atoms with Crippen LogP contribution in [0.1, 0.15) is 30.1 Å². The number of hydrogen-bond donors (Lipinski definition) is 2. The van der Waals surface area contributed by atoms with Gasteiger partial charge in [-0.1, -0.05) is 6.92 Å². The minimum absolute atomic E-state index is 0.137. The predicted molar refractivity (Wildman–Crippen MR) is 60.4 cm³/mol. The zero-order chi connectivity index (χ0) is 12.6. The maximum atomic E-state index is 13.4. The monoisotopic (exact) mass is 240 g/mol. The molecular weight excluding hydrogens is 226 g/mol. The van der Waals surface area contributed by atoms with Crippen LogP contribution in [0.4, 0.5) is 14.5 Å². The Hall–Kier alpha value is -1.65. The summed E-state index contributed by atoms with van der Waals surface area (Å²) in [5.41, 5.74) is 4.99. The molecule has 1 aliphatic carbocycles. The molecule has 0 aliphatic heterocycles. The van der Waals surface area contributed by atoms with E-state index in [1.54, 1.807) is 0 Å². The van der Waals surface area contributed by atoms with E-state index in [1.165, 1.54) is 0 Å². The van der Waals surface area contributed by atoms with Crippen LogP contribution in [0.25, 0.3) is 0 Å². The quantitative estimate of drug-likeness (QED) is 0.795. The molecule has 1 saturated carbocycles. The average Bonchev–Trinajstić information content (AvgIpc) is 2.99. The van der Waals surface area contributed by atoms with Gasteiger partial charge >= 0.3 is 0 Å². The number of nitrogen functional groups attached to an aromatic ring is 1. The molecule has 0 bridgehead atoms. The number of nitrogens with one attached hydrogen (secondary N) is 1. The number of amides is 1. The Bertz CT molecular complexity index is 470. The summed E-state index contributed by atoms with van der Waals surface area (Å²) in [5.74, 6) is -2.30. The molecule has 3 N–H and O–H groups in total. The summed E-state index contributed by atoms with van der Waals surface area (Å²) in [6.07, 6.45) is 2.11. The van der Waals surface area contributed by atoms with Gasteiger partial charge in [0.1, 0.15) is 11.6 Å². The van der Waals surface area contributed by atoms with Crippen molar-refractivity contribution in [1.29, 1.82) is 0 Å². The lowest BCUT2D eigenvalue weighted by Gasteiger charge is -2.11.